The van der Waals surface area contributed by atoms with Crippen LogP contribution in [0.15, 0.2) is 41.3 Å². The smallest absolute Gasteiger partial charge is 0.255 e. The summed E-state index contributed by atoms with van der Waals surface area (Å²) in [4.78, 5) is 12.7. The van der Waals surface area contributed by atoms with Gasteiger partial charge in [0.05, 0.1) is 43.0 Å². The van der Waals surface area contributed by atoms with Gasteiger partial charge in [-0.2, -0.15) is 4.31 Å². The maximum absolute atomic E-state index is 12.9. The van der Waals surface area contributed by atoms with Gasteiger partial charge >= 0.3 is 0 Å². The summed E-state index contributed by atoms with van der Waals surface area (Å²) in [6.07, 6.45) is 0. The van der Waals surface area contributed by atoms with Gasteiger partial charge in [0.1, 0.15) is 11.5 Å². The number of nitrogens with zero attached hydrogens (tertiary/aromatic N) is 1. The summed E-state index contributed by atoms with van der Waals surface area (Å²) in [6.45, 7) is 1.25. The molecule has 1 saturated heterocycles. The number of anilines is 1. The number of carbonyl (C=O) groups excluding carboxylic acids is 1. The normalized spacial score (nSPS) is 15.0. The van der Waals surface area contributed by atoms with E-state index in [0.29, 0.717) is 30.3 Å². The molecule has 1 aliphatic heterocycles. The molecule has 0 bridgehead atoms. The highest BCUT2D eigenvalue weighted by Crippen LogP contribution is 2.30. The molecule has 0 atom stereocenters. The van der Waals surface area contributed by atoms with Crippen molar-refractivity contribution in [3.05, 3.63) is 47.0 Å². The van der Waals surface area contributed by atoms with Gasteiger partial charge in [-0.05, 0) is 36.4 Å². The standard InChI is InChI=1S/C19H21ClN2O6S/c1-26-17-5-3-13(11-15(17)20)19(23)21-16-12-14(4-6-18(16)27-2)29(24,25)22-7-9-28-10-8-22/h3-6,11-12H,7-10H2,1-2H3,(H,21,23). The third-order valence-electron chi connectivity index (χ3n) is 4.44. The van der Waals surface area contributed by atoms with Crippen molar-refractivity contribution in [1.82, 2.24) is 4.31 Å². The van der Waals surface area contributed by atoms with Gasteiger partial charge in [0.15, 0.2) is 0 Å². The van der Waals surface area contributed by atoms with Gasteiger partial charge in [-0.3, -0.25) is 4.79 Å². The van der Waals surface area contributed by atoms with Crippen LogP contribution in [0.25, 0.3) is 0 Å². The van der Waals surface area contributed by atoms with Crippen molar-refractivity contribution in [1.29, 1.82) is 0 Å². The lowest BCUT2D eigenvalue weighted by atomic mass is 10.2. The van der Waals surface area contributed by atoms with E-state index in [1.807, 2.05) is 0 Å². The summed E-state index contributed by atoms with van der Waals surface area (Å²) in [5.74, 6) is 0.312. The molecular formula is C19H21ClN2O6S. The Kier molecular flexibility index (Phi) is 6.63. The number of carbonyl (C=O) groups is 1. The van der Waals surface area contributed by atoms with Crippen molar-refractivity contribution in [3.63, 3.8) is 0 Å². The number of sulfonamides is 1. The van der Waals surface area contributed by atoms with Crippen molar-refractivity contribution < 1.29 is 27.4 Å². The molecule has 10 heteroatoms. The first-order valence-corrected chi connectivity index (χ1v) is 10.6. The van der Waals surface area contributed by atoms with E-state index in [4.69, 9.17) is 25.8 Å². The number of morpholine rings is 1. The number of ether oxygens (including phenoxy) is 3. The summed E-state index contributed by atoms with van der Waals surface area (Å²) in [5, 5.41) is 2.97. The first-order valence-electron chi connectivity index (χ1n) is 8.77. The Morgan fingerprint density at radius 2 is 1.72 bits per heavy atom. The second-order valence-electron chi connectivity index (χ2n) is 6.18. The molecule has 156 valence electrons. The second-order valence-corrected chi connectivity index (χ2v) is 8.53. The van der Waals surface area contributed by atoms with Crippen LogP contribution in [0.2, 0.25) is 5.02 Å². The first kappa shape index (κ1) is 21.4. The highest BCUT2D eigenvalue weighted by molar-refractivity contribution is 7.89. The zero-order chi connectivity index (χ0) is 21.0. The minimum Gasteiger partial charge on any atom is -0.495 e. The van der Waals surface area contributed by atoms with Gasteiger partial charge < -0.3 is 19.5 Å². The Labute approximate surface area is 174 Å². The van der Waals surface area contributed by atoms with Gasteiger partial charge in [-0.1, -0.05) is 11.6 Å². The summed E-state index contributed by atoms with van der Waals surface area (Å²) in [7, 11) is -0.803. The lowest BCUT2D eigenvalue weighted by Crippen LogP contribution is -2.40. The number of hydrogen-bond donors (Lipinski definition) is 1. The molecule has 3 rings (SSSR count). The van der Waals surface area contributed by atoms with E-state index in [2.05, 4.69) is 5.32 Å². The summed E-state index contributed by atoms with van der Waals surface area (Å²) in [5.41, 5.74) is 0.526. The quantitative estimate of drug-likeness (QED) is 0.742. The largest absolute Gasteiger partial charge is 0.495 e. The molecule has 0 aliphatic carbocycles. The minimum absolute atomic E-state index is 0.0586. The van der Waals surface area contributed by atoms with E-state index in [1.165, 1.54) is 42.8 Å². The highest BCUT2D eigenvalue weighted by atomic mass is 35.5. The highest BCUT2D eigenvalue weighted by Gasteiger charge is 2.27. The maximum Gasteiger partial charge on any atom is 0.255 e. The van der Waals surface area contributed by atoms with E-state index in [1.54, 1.807) is 12.1 Å². The van der Waals surface area contributed by atoms with Crippen molar-refractivity contribution in [2.24, 2.45) is 0 Å². The van der Waals surface area contributed by atoms with Gasteiger partial charge in [0.2, 0.25) is 10.0 Å². The number of benzene rings is 2. The van der Waals surface area contributed by atoms with Crippen LogP contribution in [0.5, 0.6) is 11.5 Å². The van der Waals surface area contributed by atoms with Crippen LogP contribution in [0.4, 0.5) is 5.69 Å². The molecule has 1 aliphatic rings. The fraction of sp³-hybridized carbons (Fsp3) is 0.316. The Balaban J connectivity index is 1.89. The van der Waals surface area contributed by atoms with Gasteiger partial charge in [-0.25, -0.2) is 8.42 Å². The summed E-state index contributed by atoms with van der Waals surface area (Å²) >= 11 is 6.08. The SMILES string of the molecule is COc1ccc(C(=O)Nc2cc(S(=O)(=O)N3CCOCC3)ccc2OC)cc1Cl. The van der Waals surface area contributed by atoms with E-state index >= 15 is 0 Å². The molecule has 1 heterocycles. The van der Waals surface area contributed by atoms with Crippen LogP contribution in [0.1, 0.15) is 10.4 Å². The Morgan fingerprint density at radius 3 is 2.34 bits per heavy atom. The zero-order valence-electron chi connectivity index (χ0n) is 16.0. The molecule has 0 spiro atoms. The van der Waals surface area contributed by atoms with Gasteiger partial charge in [0.25, 0.3) is 5.91 Å². The third-order valence-corrected chi connectivity index (χ3v) is 6.63. The van der Waals surface area contributed by atoms with E-state index in [0.717, 1.165) is 0 Å². The molecule has 1 fully saturated rings. The molecule has 2 aromatic carbocycles. The molecule has 2 aromatic rings. The van der Waals surface area contributed by atoms with Crippen LogP contribution in [-0.2, 0) is 14.8 Å². The predicted octanol–water partition coefficient (Wildman–Crippen LogP) is 2.63. The van der Waals surface area contributed by atoms with Crippen LogP contribution in [0, 0.1) is 0 Å². The second kappa shape index (κ2) is 9.00. The number of amides is 1. The fourth-order valence-corrected chi connectivity index (χ4v) is 4.58. The maximum atomic E-state index is 12.9. The minimum atomic E-state index is -3.72. The monoisotopic (exact) mass is 440 g/mol. The predicted molar refractivity (Wildman–Crippen MR) is 109 cm³/mol. The van der Waals surface area contributed by atoms with E-state index in [9.17, 15) is 13.2 Å². The van der Waals surface area contributed by atoms with E-state index < -0.39 is 15.9 Å². The third kappa shape index (κ3) is 4.64. The van der Waals surface area contributed by atoms with Crippen molar-refractivity contribution in [2.45, 2.75) is 4.90 Å². The molecule has 0 unspecified atom stereocenters. The molecular weight excluding hydrogens is 420 g/mol. The van der Waals surface area contributed by atoms with Crippen molar-refractivity contribution >= 4 is 33.2 Å². The summed E-state index contributed by atoms with van der Waals surface area (Å²) < 4.78 is 42.7. The lowest BCUT2D eigenvalue weighted by molar-refractivity contribution is 0.0730. The van der Waals surface area contributed by atoms with Crippen molar-refractivity contribution in [2.75, 3.05) is 45.8 Å². The molecule has 0 radical (unpaired) electrons. The molecule has 0 saturated carbocycles. The Hall–Kier alpha value is -2.33. The summed E-state index contributed by atoms with van der Waals surface area (Å²) in [6, 6.07) is 8.94. The fourth-order valence-electron chi connectivity index (χ4n) is 2.88. The average Bonchev–Trinajstić information content (AvgIpc) is 2.74. The number of hydrogen-bond acceptors (Lipinski definition) is 6. The van der Waals surface area contributed by atoms with Crippen LogP contribution in [0.3, 0.4) is 0 Å². The number of halogens is 1. The molecule has 1 amide bonds. The average molecular weight is 441 g/mol. The van der Waals surface area contributed by atoms with E-state index in [-0.39, 0.29) is 28.7 Å². The van der Waals surface area contributed by atoms with Crippen LogP contribution >= 0.6 is 11.6 Å². The molecule has 0 aromatic heterocycles. The Morgan fingerprint density at radius 1 is 1.07 bits per heavy atom. The van der Waals surface area contributed by atoms with Crippen LogP contribution < -0.4 is 14.8 Å². The van der Waals surface area contributed by atoms with Crippen LogP contribution in [-0.4, -0.2) is 59.2 Å². The molecule has 8 nitrogen and oxygen atoms in total. The lowest BCUT2D eigenvalue weighted by Gasteiger charge is -2.26. The van der Waals surface area contributed by atoms with Gasteiger partial charge in [0, 0.05) is 18.7 Å². The van der Waals surface area contributed by atoms with Crippen molar-refractivity contribution in [3.8, 4) is 11.5 Å². The first-order chi connectivity index (χ1) is 13.9. The molecule has 29 heavy (non-hydrogen) atoms. The topological polar surface area (TPSA) is 94.2 Å². The number of nitrogens with one attached hydrogen (secondary N) is 1. The molecule has 1 N–H and O–H groups in total. The Bertz CT molecular complexity index is 1010. The number of rotatable bonds is 6. The number of methoxy groups -OCH3 is 2. The van der Waals surface area contributed by atoms with Gasteiger partial charge in [-0.15, -0.1) is 0 Å². The zero-order valence-corrected chi connectivity index (χ0v) is 17.5.